The molecule has 10 aromatic rings. The Morgan fingerprint density at radius 1 is 0.442 bits per heavy atom. The summed E-state index contributed by atoms with van der Waals surface area (Å²) in [4.78, 5) is 19.1. The number of aromatic nitrogens is 4. The lowest BCUT2D eigenvalue weighted by molar-refractivity contribution is 0.669. The predicted molar refractivity (Wildman–Crippen MR) is 209 cm³/mol. The molecule has 0 aliphatic heterocycles. The quantitative estimate of drug-likeness (QED) is 0.172. The molecule has 0 unspecified atom stereocenters. The van der Waals surface area contributed by atoms with Gasteiger partial charge in [0.1, 0.15) is 11.2 Å². The molecule has 6 nitrogen and oxygen atoms in total. The van der Waals surface area contributed by atoms with Crippen LogP contribution in [0.1, 0.15) is 0 Å². The second-order valence-electron chi connectivity index (χ2n) is 12.7. The number of rotatable bonds is 5. The van der Waals surface area contributed by atoms with Crippen LogP contribution < -0.4 is 0 Å². The molecule has 3 heterocycles. The van der Waals surface area contributed by atoms with Crippen LogP contribution in [0.4, 0.5) is 5.69 Å². The smallest absolute Gasteiger partial charge is 0.189 e. The summed E-state index contributed by atoms with van der Waals surface area (Å²) < 4.78 is 8.53. The Balaban J connectivity index is 1.27. The van der Waals surface area contributed by atoms with Gasteiger partial charge in [-0.05, 0) is 53.6 Å². The molecule has 7 aromatic carbocycles. The molecule has 0 bridgehead atoms. The molecule has 0 N–H and O–H groups in total. The molecule has 52 heavy (non-hydrogen) atoms. The van der Waals surface area contributed by atoms with Crippen molar-refractivity contribution in [3.05, 3.63) is 175 Å². The van der Waals surface area contributed by atoms with Crippen molar-refractivity contribution in [2.45, 2.75) is 0 Å². The monoisotopic (exact) mass is 665 g/mol. The summed E-state index contributed by atoms with van der Waals surface area (Å²) in [5.41, 5.74) is 9.76. The fraction of sp³-hybridized carbons (Fsp3) is 0. The summed E-state index contributed by atoms with van der Waals surface area (Å²) in [5, 5.41) is 4.34. The van der Waals surface area contributed by atoms with Gasteiger partial charge < -0.3 is 8.98 Å². The summed E-state index contributed by atoms with van der Waals surface area (Å²) in [6.07, 6.45) is 0. The van der Waals surface area contributed by atoms with Crippen molar-refractivity contribution < 1.29 is 4.42 Å². The summed E-state index contributed by atoms with van der Waals surface area (Å²) in [7, 11) is 0. The van der Waals surface area contributed by atoms with Gasteiger partial charge in [-0.2, -0.15) is 0 Å². The number of benzene rings is 7. The van der Waals surface area contributed by atoms with Gasteiger partial charge >= 0.3 is 0 Å². The average molecular weight is 666 g/mol. The number of fused-ring (bicyclic) bond motifs is 6. The molecule has 0 saturated heterocycles. The van der Waals surface area contributed by atoms with Crippen molar-refractivity contribution in [1.29, 1.82) is 0 Å². The summed E-state index contributed by atoms with van der Waals surface area (Å²) in [6, 6.07) is 55.2. The number of nitrogens with zero attached hydrogens (tertiary/aromatic N) is 5. The third-order valence-electron chi connectivity index (χ3n) is 9.68. The number of hydrogen-bond donors (Lipinski definition) is 0. The highest BCUT2D eigenvalue weighted by Crippen LogP contribution is 2.40. The first-order valence-electron chi connectivity index (χ1n) is 17.1. The molecular formula is C46H27N5O. The van der Waals surface area contributed by atoms with E-state index in [4.69, 9.17) is 25.9 Å². The molecule has 0 radical (unpaired) electrons. The van der Waals surface area contributed by atoms with Crippen LogP contribution >= 0.6 is 0 Å². The zero-order chi connectivity index (χ0) is 34.6. The lowest BCUT2D eigenvalue weighted by atomic mass is 9.99. The van der Waals surface area contributed by atoms with Crippen LogP contribution in [0.5, 0.6) is 0 Å². The fourth-order valence-corrected chi connectivity index (χ4v) is 7.21. The highest BCUT2D eigenvalue weighted by atomic mass is 16.3. The van der Waals surface area contributed by atoms with Crippen molar-refractivity contribution >= 4 is 49.4 Å². The van der Waals surface area contributed by atoms with Gasteiger partial charge in [0.25, 0.3) is 0 Å². The Hall–Kier alpha value is -7.36. The number of furan rings is 1. The standard InChI is InChI=1S/C46H27N5O/c1-47-33-22-24-35-34-16-8-10-18-39(34)51(41(35)28-33)40-25-21-31(32-20-23-37-36-17-9-11-19-42(36)52-43(37)27-32)26-38(40)46-49-44(29-12-4-2-5-13-29)48-45(50-46)30-14-6-3-7-15-30/h2-28H. The first kappa shape index (κ1) is 29.5. The Morgan fingerprint density at radius 3 is 1.77 bits per heavy atom. The third-order valence-corrected chi connectivity index (χ3v) is 9.68. The van der Waals surface area contributed by atoms with E-state index in [0.29, 0.717) is 23.2 Å². The first-order chi connectivity index (χ1) is 25.7. The topological polar surface area (TPSA) is 61.1 Å². The normalized spacial score (nSPS) is 11.4. The summed E-state index contributed by atoms with van der Waals surface area (Å²) >= 11 is 0. The second kappa shape index (κ2) is 11.9. The van der Waals surface area contributed by atoms with Crippen LogP contribution in [-0.4, -0.2) is 19.5 Å². The van der Waals surface area contributed by atoms with Crippen molar-refractivity contribution in [3.63, 3.8) is 0 Å². The van der Waals surface area contributed by atoms with Crippen LogP contribution in [0.2, 0.25) is 0 Å². The van der Waals surface area contributed by atoms with E-state index in [9.17, 15) is 0 Å². The van der Waals surface area contributed by atoms with E-state index in [1.54, 1.807) is 0 Å². The van der Waals surface area contributed by atoms with Crippen LogP contribution in [0, 0.1) is 6.57 Å². The highest BCUT2D eigenvalue weighted by Gasteiger charge is 2.21. The van der Waals surface area contributed by atoms with E-state index in [1.165, 1.54) is 0 Å². The highest BCUT2D eigenvalue weighted by molar-refractivity contribution is 6.11. The minimum atomic E-state index is 0.543. The van der Waals surface area contributed by atoms with Gasteiger partial charge in [0, 0.05) is 43.8 Å². The molecule has 3 aromatic heterocycles. The Labute approximate surface area is 298 Å². The van der Waals surface area contributed by atoms with Gasteiger partial charge in [-0.15, -0.1) is 0 Å². The van der Waals surface area contributed by atoms with E-state index in [2.05, 4.69) is 70.1 Å². The maximum atomic E-state index is 7.81. The SMILES string of the molecule is [C-]#[N+]c1ccc2c3ccccc3n(-c3ccc(-c4ccc5c(c4)oc4ccccc45)cc3-c3nc(-c4ccccc4)nc(-c4ccccc4)n3)c2c1. The molecule has 6 heteroatoms. The van der Waals surface area contributed by atoms with Gasteiger partial charge in [0.15, 0.2) is 23.2 Å². The van der Waals surface area contributed by atoms with Gasteiger partial charge in [-0.1, -0.05) is 121 Å². The van der Waals surface area contributed by atoms with Gasteiger partial charge in [-0.3, -0.25) is 0 Å². The van der Waals surface area contributed by atoms with Crippen LogP contribution in [0.25, 0.3) is 99.6 Å². The summed E-state index contributed by atoms with van der Waals surface area (Å²) in [5.74, 6) is 1.71. The number of para-hydroxylation sites is 2. The number of hydrogen-bond acceptors (Lipinski definition) is 4. The molecule has 0 amide bonds. The molecule has 0 spiro atoms. The lowest BCUT2D eigenvalue weighted by Crippen LogP contribution is -2.04. The van der Waals surface area contributed by atoms with Crippen molar-refractivity contribution in [1.82, 2.24) is 19.5 Å². The molecule has 0 saturated carbocycles. The molecule has 0 atom stereocenters. The second-order valence-corrected chi connectivity index (χ2v) is 12.7. The van der Waals surface area contributed by atoms with E-state index in [1.807, 2.05) is 103 Å². The summed E-state index contributed by atoms with van der Waals surface area (Å²) in [6.45, 7) is 7.81. The minimum Gasteiger partial charge on any atom is -0.456 e. The average Bonchev–Trinajstić information content (AvgIpc) is 3.76. The zero-order valence-electron chi connectivity index (χ0n) is 27.7. The molecular weight excluding hydrogens is 639 g/mol. The van der Waals surface area contributed by atoms with Crippen LogP contribution in [0.3, 0.4) is 0 Å². The van der Waals surface area contributed by atoms with Crippen LogP contribution in [-0.2, 0) is 0 Å². The van der Waals surface area contributed by atoms with E-state index in [-0.39, 0.29) is 0 Å². The Morgan fingerprint density at radius 2 is 1.02 bits per heavy atom. The predicted octanol–water partition coefficient (Wildman–Crippen LogP) is 12.1. The van der Waals surface area contributed by atoms with Crippen LogP contribution in [0.15, 0.2) is 168 Å². The van der Waals surface area contributed by atoms with Gasteiger partial charge in [0.05, 0.1) is 17.8 Å². The van der Waals surface area contributed by atoms with E-state index >= 15 is 0 Å². The first-order valence-corrected chi connectivity index (χ1v) is 17.1. The lowest BCUT2D eigenvalue weighted by Gasteiger charge is -2.16. The Bertz CT molecular complexity index is 2970. The third kappa shape index (κ3) is 4.84. The molecule has 242 valence electrons. The van der Waals surface area contributed by atoms with Crippen molar-refractivity contribution in [2.75, 3.05) is 0 Å². The Kier molecular flexibility index (Phi) is 6.76. The van der Waals surface area contributed by atoms with E-state index < -0.39 is 0 Å². The molecule has 10 rings (SSSR count). The van der Waals surface area contributed by atoms with Crippen molar-refractivity contribution in [3.8, 4) is 51.0 Å². The van der Waals surface area contributed by atoms with Crippen molar-refractivity contribution in [2.24, 2.45) is 0 Å². The molecule has 0 aliphatic rings. The maximum Gasteiger partial charge on any atom is 0.189 e. The molecule has 0 aliphatic carbocycles. The largest absolute Gasteiger partial charge is 0.456 e. The van der Waals surface area contributed by atoms with E-state index in [0.717, 1.165) is 77.2 Å². The fourth-order valence-electron chi connectivity index (χ4n) is 7.21. The minimum absolute atomic E-state index is 0.543. The van der Waals surface area contributed by atoms with Gasteiger partial charge in [-0.25, -0.2) is 19.8 Å². The van der Waals surface area contributed by atoms with Gasteiger partial charge in [0.2, 0.25) is 0 Å². The maximum absolute atomic E-state index is 7.81. The zero-order valence-corrected chi connectivity index (χ0v) is 27.7. The molecule has 0 fully saturated rings.